The van der Waals surface area contributed by atoms with Crippen molar-refractivity contribution >= 4 is 10.8 Å². The van der Waals surface area contributed by atoms with Crippen molar-refractivity contribution in [3.8, 4) is 11.1 Å². The van der Waals surface area contributed by atoms with Crippen LogP contribution in [0.15, 0.2) is 66.7 Å². The number of nitrogens with two attached hydrogens (primary N) is 1. The molecule has 0 bridgehead atoms. The minimum atomic E-state index is 0.589. The molecule has 3 rings (SSSR count). The Balaban J connectivity index is 2.15. The van der Waals surface area contributed by atoms with Crippen LogP contribution in [0.1, 0.15) is 5.56 Å². The Morgan fingerprint density at radius 1 is 0.667 bits per heavy atom. The summed E-state index contributed by atoms with van der Waals surface area (Å²) in [5.74, 6) is 0. The highest BCUT2D eigenvalue weighted by molar-refractivity contribution is 5.87. The third-order valence-electron chi connectivity index (χ3n) is 3.25. The number of fused-ring (bicyclic) bond motifs is 1. The molecule has 0 amide bonds. The second kappa shape index (κ2) is 4.63. The van der Waals surface area contributed by atoms with E-state index >= 15 is 0 Å². The zero-order chi connectivity index (χ0) is 12.4. The van der Waals surface area contributed by atoms with E-state index < -0.39 is 0 Å². The summed E-state index contributed by atoms with van der Waals surface area (Å²) in [7, 11) is 0. The molecule has 0 saturated carbocycles. The highest BCUT2D eigenvalue weighted by Gasteiger charge is 2.00. The quantitative estimate of drug-likeness (QED) is 0.712. The maximum Gasteiger partial charge on any atom is 0.0178 e. The van der Waals surface area contributed by atoms with E-state index in [0.29, 0.717) is 6.54 Å². The molecule has 1 heteroatoms. The van der Waals surface area contributed by atoms with E-state index in [0.717, 1.165) is 0 Å². The highest BCUT2D eigenvalue weighted by atomic mass is 14.5. The molecular formula is C17H15N. The van der Waals surface area contributed by atoms with Gasteiger partial charge in [0.25, 0.3) is 0 Å². The lowest BCUT2D eigenvalue weighted by Gasteiger charge is -2.05. The Morgan fingerprint density at radius 2 is 1.44 bits per heavy atom. The van der Waals surface area contributed by atoms with E-state index in [4.69, 9.17) is 5.73 Å². The van der Waals surface area contributed by atoms with E-state index in [1.54, 1.807) is 0 Å². The molecule has 0 saturated heterocycles. The first-order valence-electron chi connectivity index (χ1n) is 6.15. The Morgan fingerprint density at radius 3 is 2.22 bits per heavy atom. The Kier molecular flexibility index (Phi) is 2.83. The molecule has 0 atom stereocenters. The van der Waals surface area contributed by atoms with Crippen molar-refractivity contribution in [2.24, 2.45) is 5.73 Å². The molecular weight excluding hydrogens is 218 g/mol. The topological polar surface area (TPSA) is 26.0 Å². The van der Waals surface area contributed by atoms with Gasteiger partial charge in [-0.2, -0.15) is 0 Å². The van der Waals surface area contributed by atoms with Gasteiger partial charge >= 0.3 is 0 Å². The van der Waals surface area contributed by atoms with Crippen LogP contribution in [0.3, 0.4) is 0 Å². The number of hydrogen-bond donors (Lipinski definition) is 1. The van der Waals surface area contributed by atoms with E-state index in [1.165, 1.54) is 27.5 Å². The molecule has 0 aliphatic rings. The van der Waals surface area contributed by atoms with Crippen LogP contribution in [0.25, 0.3) is 21.9 Å². The molecule has 88 valence electrons. The van der Waals surface area contributed by atoms with Crippen LogP contribution >= 0.6 is 0 Å². The fourth-order valence-electron chi connectivity index (χ4n) is 2.23. The molecule has 1 nitrogen and oxygen atoms in total. The van der Waals surface area contributed by atoms with Crippen molar-refractivity contribution in [3.05, 3.63) is 72.3 Å². The molecule has 0 fully saturated rings. The minimum Gasteiger partial charge on any atom is -0.326 e. The standard InChI is InChI=1S/C17H15N/c18-12-13-6-7-15-8-9-16(11-17(15)10-13)14-4-2-1-3-5-14/h1-11H,12,18H2. The summed E-state index contributed by atoms with van der Waals surface area (Å²) >= 11 is 0. The summed E-state index contributed by atoms with van der Waals surface area (Å²) < 4.78 is 0. The summed E-state index contributed by atoms with van der Waals surface area (Å²) in [4.78, 5) is 0. The van der Waals surface area contributed by atoms with Crippen LogP contribution in [-0.4, -0.2) is 0 Å². The van der Waals surface area contributed by atoms with Gasteiger partial charge in [0.05, 0.1) is 0 Å². The second-order valence-corrected chi connectivity index (χ2v) is 4.47. The van der Waals surface area contributed by atoms with Crippen LogP contribution in [0, 0.1) is 0 Å². The zero-order valence-corrected chi connectivity index (χ0v) is 10.1. The molecule has 0 radical (unpaired) electrons. The first-order chi connectivity index (χ1) is 8.86. The van der Waals surface area contributed by atoms with E-state index in [1.807, 2.05) is 6.07 Å². The van der Waals surface area contributed by atoms with Crippen molar-refractivity contribution in [1.82, 2.24) is 0 Å². The normalized spacial score (nSPS) is 10.7. The molecule has 18 heavy (non-hydrogen) atoms. The highest BCUT2D eigenvalue weighted by Crippen LogP contribution is 2.24. The van der Waals surface area contributed by atoms with Gasteiger partial charge in [0.2, 0.25) is 0 Å². The predicted octanol–water partition coefficient (Wildman–Crippen LogP) is 3.97. The molecule has 0 aromatic heterocycles. The molecule has 3 aromatic rings. The first-order valence-corrected chi connectivity index (χ1v) is 6.15. The molecule has 3 aromatic carbocycles. The van der Waals surface area contributed by atoms with Crippen molar-refractivity contribution in [2.45, 2.75) is 6.54 Å². The average Bonchev–Trinajstić information content (AvgIpc) is 2.47. The summed E-state index contributed by atoms with van der Waals surface area (Å²) in [6, 6.07) is 23.4. The summed E-state index contributed by atoms with van der Waals surface area (Å²) in [6.45, 7) is 0.589. The Bertz CT molecular complexity index is 672. The third-order valence-corrected chi connectivity index (χ3v) is 3.25. The number of rotatable bonds is 2. The monoisotopic (exact) mass is 233 g/mol. The smallest absolute Gasteiger partial charge is 0.0178 e. The maximum atomic E-state index is 5.69. The lowest BCUT2D eigenvalue weighted by Crippen LogP contribution is -1.95. The van der Waals surface area contributed by atoms with Gasteiger partial charge in [-0.05, 0) is 39.6 Å². The number of benzene rings is 3. The van der Waals surface area contributed by atoms with Crippen molar-refractivity contribution in [3.63, 3.8) is 0 Å². The first kappa shape index (κ1) is 11.0. The van der Waals surface area contributed by atoms with Gasteiger partial charge in [-0.1, -0.05) is 54.6 Å². The van der Waals surface area contributed by atoms with Crippen LogP contribution in [0.4, 0.5) is 0 Å². The fraction of sp³-hybridized carbons (Fsp3) is 0.0588. The Labute approximate surface area is 107 Å². The van der Waals surface area contributed by atoms with Gasteiger partial charge in [0.15, 0.2) is 0 Å². The fourth-order valence-corrected chi connectivity index (χ4v) is 2.23. The SMILES string of the molecule is NCc1ccc2ccc(-c3ccccc3)cc2c1. The predicted molar refractivity (Wildman–Crippen MR) is 77.3 cm³/mol. The molecule has 0 heterocycles. The van der Waals surface area contributed by atoms with Gasteiger partial charge in [-0.3, -0.25) is 0 Å². The minimum absolute atomic E-state index is 0.589. The van der Waals surface area contributed by atoms with Gasteiger partial charge in [-0.25, -0.2) is 0 Å². The van der Waals surface area contributed by atoms with Gasteiger partial charge in [-0.15, -0.1) is 0 Å². The van der Waals surface area contributed by atoms with E-state index in [9.17, 15) is 0 Å². The van der Waals surface area contributed by atoms with Crippen LogP contribution in [0.5, 0.6) is 0 Å². The second-order valence-electron chi connectivity index (χ2n) is 4.47. The Hall–Kier alpha value is -2.12. The van der Waals surface area contributed by atoms with E-state index in [2.05, 4.69) is 60.7 Å². The largest absolute Gasteiger partial charge is 0.326 e. The molecule has 0 unspecified atom stereocenters. The third kappa shape index (κ3) is 2.01. The molecule has 0 aliphatic carbocycles. The molecule has 0 spiro atoms. The van der Waals surface area contributed by atoms with Crippen molar-refractivity contribution < 1.29 is 0 Å². The summed E-state index contributed by atoms with van der Waals surface area (Å²) in [6.07, 6.45) is 0. The van der Waals surface area contributed by atoms with Gasteiger partial charge in [0.1, 0.15) is 0 Å². The van der Waals surface area contributed by atoms with Crippen LogP contribution < -0.4 is 5.73 Å². The van der Waals surface area contributed by atoms with Crippen molar-refractivity contribution in [2.75, 3.05) is 0 Å². The van der Waals surface area contributed by atoms with Gasteiger partial charge in [0, 0.05) is 6.54 Å². The summed E-state index contributed by atoms with van der Waals surface area (Å²) in [5, 5.41) is 2.51. The van der Waals surface area contributed by atoms with Gasteiger partial charge < -0.3 is 5.73 Å². The van der Waals surface area contributed by atoms with E-state index in [-0.39, 0.29) is 0 Å². The zero-order valence-electron chi connectivity index (χ0n) is 10.1. The maximum absolute atomic E-state index is 5.69. The average molecular weight is 233 g/mol. The van der Waals surface area contributed by atoms with Crippen LogP contribution in [-0.2, 0) is 6.54 Å². The summed E-state index contributed by atoms with van der Waals surface area (Å²) in [5.41, 5.74) is 9.36. The lowest BCUT2D eigenvalue weighted by atomic mass is 10.00. The molecule has 2 N–H and O–H groups in total. The molecule has 0 aliphatic heterocycles. The van der Waals surface area contributed by atoms with Crippen LogP contribution in [0.2, 0.25) is 0 Å². The number of hydrogen-bond acceptors (Lipinski definition) is 1. The lowest BCUT2D eigenvalue weighted by molar-refractivity contribution is 1.08. The van der Waals surface area contributed by atoms with Crippen molar-refractivity contribution in [1.29, 1.82) is 0 Å².